The lowest BCUT2D eigenvalue weighted by atomic mass is 9.86. The van der Waals surface area contributed by atoms with Crippen LogP contribution in [0.2, 0.25) is 0 Å². The molecular formula is C21H38O. The second-order valence-corrected chi connectivity index (χ2v) is 6.49. The van der Waals surface area contributed by atoms with E-state index in [9.17, 15) is 4.79 Å². The van der Waals surface area contributed by atoms with Crippen molar-refractivity contribution >= 4 is 5.78 Å². The van der Waals surface area contributed by atoms with Crippen molar-refractivity contribution in [3.05, 3.63) is 25.3 Å². The SMILES string of the molecule is C=CC(CCCCCCC)C(=O)C(C=C)CCCCCCC. The van der Waals surface area contributed by atoms with Crippen LogP contribution in [0, 0.1) is 11.8 Å². The Bertz CT molecular complexity index is 264. The molecule has 22 heavy (non-hydrogen) atoms. The van der Waals surface area contributed by atoms with Gasteiger partial charge >= 0.3 is 0 Å². The standard InChI is InChI=1S/C21H38O/c1-5-9-11-13-15-17-19(7-3)21(22)20(8-4)18-16-14-12-10-6-2/h7-8,19-20H,3-6,9-18H2,1-2H3. The van der Waals surface area contributed by atoms with Gasteiger partial charge in [-0.1, -0.05) is 90.2 Å². The highest BCUT2D eigenvalue weighted by Gasteiger charge is 2.21. The predicted octanol–water partition coefficient (Wildman–Crippen LogP) is 6.88. The summed E-state index contributed by atoms with van der Waals surface area (Å²) in [6.45, 7) is 12.2. The van der Waals surface area contributed by atoms with Crippen LogP contribution in [0.1, 0.15) is 90.9 Å². The third kappa shape index (κ3) is 9.97. The molecular weight excluding hydrogens is 268 g/mol. The fourth-order valence-corrected chi connectivity index (χ4v) is 2.96. The van der Waals surface area contributed by atoms with Crippen LogP contribution < -0.4 is 0 Å². The topological polar surface area (TPSA) is 17.1 Å². The van der Waals surface area contributed by atoms with Crippen molar-refractivity contribution < 1.29 is 4.79 Å². The van der Waals surface area contributed by atoms with Crippen molar-refractivity contribution in [2.75, 3.05) is 0 Å². The summed E-state index contributed by atoms with van der Waals surface area (Å²) >= 11 is 0. The minimum atomic E-state index is 0.0280. The Morgan fingerprint density at radius 3 is 1.41 bits per heavy atom. The molecule has 2 atom stereocenters. The first kappa shape index (κ1) is 21.1. The van der Waals surface area contributed by atoms with Gasteiger partial charge in [-0.3, -0.25) is 4.79 Å². The van der Waals surface area contributed by atoms with Gasteiger partial charge in [0.25, 0.3) is 0 Å². The number of Topliss-reactive ketones (excluding diaryl/α,β-unsaturated/α-hetero) is 1. The molecule has 0 N–H and O–H groups in total. The van der Waals surface area contributed by atoms with Crippen LogP contribution in [-0.2, 0) is 4.79 Å². The first-order chi connectivity index (χ1) is 10.7. The summed E-state index contributed by atoms with van der Waals surface area (Å²) in [5.74, 6) is 0.400. The fraction of sp³-hybridized carbons (Fsp3) is 0.762. The molecule has 1 nitrogen and oxygen atoms in total. The zero-order valence-corrected chi connectivity index (χ0v) is 15.1. The van der Waals surface area contributed by atoms with Crippen molar-refractivity contribution in [1.29, 1.82) is 0 Å². The minimum absolute atomic E-state index is 0.0280. The molecule has 0 aromatic heterocycles. The van der Waals surface area contributed by atoms with Gasteiger partial charge < -0.3 is 0 Å². The van der Waals surface area contributed by atoms with Gasteiger partial charge in [-0.2, -0.15) is 0 Å². The minimum Gasteiger partial charge on any atom is -0.298 e. The van der Waals surface area contributed by atoms with Crippen molar-refractivity contribution in [2.45, 2.75) is 90.9 Å². The first-order valence-corrected chi connectivity index (χ1v) is 9.50. The van der Waals surface area contributed by atoms with Crippen LogP contribution in [0.3, 0.4) is 0 Å². The largest absolute Gasteiger partial charge is 0.298 e. The van der Waals surface area contributed by atoms with Crippen LogP contribution in [0.4, 0.5) is 0 Å². The molecule has 0 fully saturated rings. The van der Waals surface area contributed by atoms with E-state index in [-0.39, 0.29) is 11.8 Å². The lowest BCUT2D eigenvalue weighted by Gasteiger charge is -2.17. The second kappa shape index (κ2) is 15.1. The molecule has 0 saturated carbocycles. The zero-order chi connectivity index (χ0) is 16.6. The van der Waals surface area contributed by atoms with E-state index in [4.69, 9.17) is 0 Å². The summed E-state index contributed by atoms with van der Waals surface area (Å²) in [4.78, 5) is 12.6. The first-order valence-electron chi connectivity index (χ1n) is 9.50. The molecule has 0 heterocycles. The lowest BCUT2D eigenvalue weighted by Crippen LogP contribution is -2.21. The Kier molecular flexibility index (Phi) is 14.5. The average Bonchev–Trinajstić information content (AvgIpc) is 2.54. The number of hydrogen-bond donors (Lipinski definition) is 0. The van der Waals surface area contributed by atoms with Crippen molar-refractivity contribution in [3.8, 4) is 0 Å². The summed E-state index contributed by atoms with van der Waals surface area (Å²) in [6.07, 6.45) is 18.1. The van der Waals surface area contributed by atoms with Gasteiger partial charge in [-0.05, 0) is 12.8 Å². The molecule has 0 aliphatic rings. The quantitative estimate of drug-likeness (QED) is 0.224. The van der Waals surface area contributed by atoms with E-state index in [0.29, 0.717) is 5.78 Å². The Labute approximate surface area is 139 Å². The van der Waals surface area contributed by atoms with Gasteiger partial charge in [-0.25, -0.2) is 0 Å². The molecule has 0 aliphatic carbocycles. The third-order valence-electron chi connectivity index (χ3n) is 4.54. The summed E-state index contributed by atoms with van der Waals surface area (Å²) in [7, 11) is 0. The van der Waals surface area contributed by atoms with Gasteiger partial charge in [0.1, 0.15) is 5.78 Å². The fourth-order valence-electron chi connectivity index (χ4n) is 2.96. The Hall–Kier alpha value is -0.850. The molecule has 0 aromatic rings. The molecule has 0 amide bonds. The highest BCUT2D eigenvalue weighted by molar-refractivity contribution is 5.86. The normalized spacial score (nSPS) is 13.5. The Morgan fingerprint density at radius 1 is 0.727 bits per heavy atom. The van der Waals surface area contributed by atoms with Crippen LogP contribution in [-0.4, -0.2) is 5.78 Å². The van der Waals surface area contributed by atoms with Gasteiger partial charge in [-0.15, -0.1) is 13.2 Å². The Morgan fingerprint density at radius 2 is 1.09 bits per heavy atom. The molecule has 128 valence electrons. The molecule has 0 rings (SSSR count). The summed E-state index contributed by atoms with van der Waals surface area (Å²) < 4.78 is 0. The highest BCUT2D eigenvalue weighted by atomic mass is 16.1. The molecule has 0 spiro atoms. The number of allylic oxidation sites excluding steroid dienone is 2. The number of carbonyl (C=O) groups excluding carboxylic acids is 1. The lowest BCUT2D eigenvalue weighted by molar-refractivity contribution is -0.124. The summed E-state index contributed by atoms with van der Waals surface area (Å²) in [5.41, 5.74) is 0. The second-order valence-electron chi connectivity index (χ2n) is 6.49. The Balaban J connectivity index is 4.09. The number of ketones is 1. The molecule has 0 aliphatic heterocycles. The third-order valence-corrected chi connectivity index (χ3v) is 4.54. The van der Waals surface area contributed by atoms with Crippen molar-refractivity contribution in [3.63, 3.8) is 0 Å². The molecule has 0 aromatic carbocycles. The van der Waals surface area contributed by atoms with Gasteiger partial charge in [0.05, 0.1) is 0 Å². The number of hydrogen-bond acceptors (Lipinski definition) is 1. The van der Waals surface area contributed by atoms with Crippen LogP contribution in [0.15, 0.2) is 25.3 Å². The maximum absolute atomic E-state index is 12.6. The van der Waals surface area contributed by atoms with E-state index in [0.717, 1.165) is 25.7 Å². The van der Waals surface area contributed by atoms with Gasteiger partial charge in [0.2, 0.25) is 0 Å². The monoisotopic (exact) mass is 306 g/mol. The van der Waals surface area contributed by atoms with Crippen LogP contribution in [0.25, 0.3) is 0 Å². The maximum Gasteiger partial charge on any atom is 0.146 e. The van der Waals surface area contributed by atoms with E-state index in [1.807, 2.05) is 12.2 Å². The smallest absolute Gasteiger partial charge is 0.146 e. The van der Waals surface area contributed by atoms with Gasteiger partial charge in [0, 0.05) is 11.8 Å². The van der Waals surface area contributed by atoms with Crippen LogP contribution >= 0.6 is 0 Å². The zero-order valence-electron chi connectivity index (χ0n) is 15.1. The van der Waals surface area contributed by atoms with E-state index >= 15 is 0 Å². The van der Waals surface area contributed by atoms with E-state index < -0.39 is 0 Å². The highest BCUT2D eigenvalue weighted by Crippen LogP contribution is 2.22. The van der Waals surface area contributed by atoms with E-state index in [1.165, 1.54) is 51.4 Å². The number of carbonyl (C=O) groups is 1. The van der Waals surface area contributed by atoms with E-state index in [1.54, 1.807) is 0 Å². The number of rotatable bonds is 16. The summed E-state index contributed by atoms with van der Waals surface area (Å²) in [6, 6.07) is 0. The summed E-state index contributed by atoms with van der Waals surface area (Å²) in [5, 5.41) is 0. The average molecular weight is 307 g/mol. The van der Waals surface area contributed by atoms with Gasteiger partial charge in [0.15, 0.2) is 0 Å². The van der Waals surface area contributed by atoms with Crippen molar-refractivity contribution in [1.82, 2.24) is 0 Å². The molecule has 2 unspecified atom stereocenters. The predicted molar refractivity (Wildman–Crippen MR) is 99.1 cm³/mol. The van der Waals surface area contributed by atoms with E-state index in [2.05, 4.69) is 27.0 Å². The number of unbranched alkanes of at least 4 members (excludes halogenated alkanes) is 8. The molecule has 1 heteroatoms. The van der Waals surface area contributed by atoms with Crippen molar-refractivity contribution in [2.24, 2.45) is 11.8 Å². The molecule has 0 bridgehead atoms. The van der Waals surface area contributed by atoms with Crippen LogP contribution in [0.5, 0.6) is 0 Å². The maximum atomic E-state index is 12.6. The molecule has 0 saturated heterocycles. The molecule has 0 radical (unpaired) electrons.